The molecule has 0 aliphatic rings. The second-order valence-electron chi connectivity index (χ2n) is 0.647. The zero-order valence-electron chi connectivity index (χ0n) is 3.11. The Bertz CT molecular complexity index is 68.5. The number of amides is 1. The normalized spacial score (nSPS) is 7.86. The van der Waals surface area contributed by atoms with Gasteiger partial charge in [0.25, 0.3) is 0 Å². The predicted octanol–water partition coefficient (Wildman–Crippen LogP) is -0.324. The maximum Gasteiger partial charge on any atom is 0.490 e. The lowest BCUT2D eigenvalue weighted by molar-refractivity contribution is -0.307. The van der Waals surface area contributed by atoms with Gasteiger partial charge < -0.3 is 0 Å². The molecule has 6 heteroatoms. The van der Waals surface area contributed by atoms with E-state index in [2.05, 4.69) is 4.89 Å². The fourth-order valence-electron chi connectivity index (χ4n) is 0.0365. The predicted molar refractivity (Wildman–Crippen MR) is 14.5 cm³/mol. The molecular formula is CH3NO5. The van der Waals surface area contributed by atoms with Gasteiger partial charge in [-0.25, -0.2) is 4.79 Å². The largest absolute Gasteiger partial charge is 0.490 e. The molecule has 0 atom stereocenters. The van der Waals surface area contributed by atoms with Crippen molar-refractivity contribution in [3.05, 3.63) is 0 Å². The van der Waals surface area contributed by atoms with Crippen molar-refractivity contribution >= 4 is 6.09 Å². The quantitative estimate of drug-likeness (QED) is 0.225. The van der Waals surface area contributed by atoms with Crippen LogP contribution in [-0.2, 0) is 4.89 Å². The second-order valence-corrected chi connectivity index (χ2v) is 0.647. The maximum absolute atomic E-state index is 9.47. The highest BCUT2D eigenvalue weighted by molar-refractivity contribution is 5.63. The van der Waals surface area contributed by atoms with Crippen molar-refractivity contribution in [2.45, 2.75) is 0 Å². The van der Waals surface area contributed by atoms with Gasteiger partial charge in [0.05, 0.1) is 0 Å². The summed E-state index contributed by atoms with van der Waals surface area (Å²) < 4.78 is 0. The Kier molecular flexibility index (Phi) is 2.06. The van der Waals surface area contributed by atoms with Crippen LogP contribution in [0.15, 0.2) is 0 Å². The SMILES string of the molecule is O=C(OO)N(O)O. The van der Waals surface area contributed by atoms with Gasteiger partial charge in [0.2, 0.25) is 0 Å². The van der Waals surface area contributed by atoms with Gasteiger partial charge >= 0.3 is 6.09 Å². The zero-order chi connectivity index (χ0) is 5.86. The molecular weight excluding hydrogens is 106 g/mol. The lowest BCUT2D eigenvalue weighted by Gasteiger charge is -1.98. The molecule has 0 aliphatic carbocycles. The number of hydrogen-bond acceptors (Lipinski definition) is 5. The van der Waals surface area contributed by atoms with Gasteiger partial charge in [-0.1, -0.05) is 5.23 Å². The van der Waals surface area contributed by atoms with Gasteiger partial charge in [0.1, 0.15) is 0 Å². The van der Waals surface area contributed by atoms with Gasteiger partial charge in [-0.2, -0.15) is 5.26 Å². The molecule has 0 radical (unpaired) electrons. The standard InChI is InChI=1S/CH3NO5/c3-1(7-6)2(4)5/h4-6H. The third-order valence-corrected chi connectivity index (χ3v) is 0.241. The third kappa shape index (κ3) is 1.93. The lowest BCUT2D eigenvalue weighted by atomic mass is 11.3. The molecule has 0 rings (SSSR count). The summed E-state index contributed by atoms with van der Waals surface area (Å²) in [4.78, 5) is 12.3. The van der Waals surface area contributed by atoms with Crippen molar-refractivity contribution in [2.75, 3.05) is 0 Å². The monoisotopic (exact) mass is 109 g/mol. The van der Waals surface area contributed by atoms with Crippen LogP contribution in [0.1, 0.15) is 0 Å². The van der Waals surface area contributed by atoms with Crippen LogP contribution in [0.5, 0.6) is 0 Å². The Morgan fingerprint density at radius 2 is 2.00 bits per heavy atom. The summed E-state index contributed by atoms with van der Waals surface area (Å²) in [5, 5.41) is 21.6. The van der Waals surface area contributed by atoms with Crippen molar-refractivity contribution in [3.8, 4) is 0 Å². The van der Waals surface area contributed by atoms with E-state index in [-0.39, 0.29) is 0 Å². The first kappa shape index (κ1) is 6.15. The van der Waals surface area contributed by atoms with Crippen molar-refractivity contribution in [1.82, 2.24) is 5.23 Å². The van der Waals surface area contributed by atoms with E-state index in [0.717, 1.165) is 0 Å². The number of carbonyl (C=O) groups is 1. The molecule has 1 amide bonds. The Balaban J connectivity index is 3.35. The molecule has 0 heterocycles. The fraction of sp³-hybridized carbons (Fsp3) is 0. The summed E-state index contributed by atoms with van der Waals surface area (Å²) in [6.07, 6.45) is -1.65. The Morgan fingerprint density at radius 3 is 2.00 bits per heavy atom. The molecule has 0 unspecified atom stereocenters. The summed E-state index contributed by atoms with van der Waals surface area (Å²) in [7, 11) is 0. The van der Waals surface area contributed by atoms with Crippen LogP contribution in [0, 0.1) is 0 Å². The maximum atomic E-state index is 9.47. The van der Waals surface area contributed by atoms with Gasteiger partial charge in [-0.3, -0.25) is 15.3 Å². The molecule has 7 heavy (non-hydrogen) atoms. The molecule has 0 bridgehead atoms. The van der Waals surface area contributed by atoms with E-state index in [9.17, 15) is 4.79 Å². The molecule has 0 spiro atoms. The van der Waals surface area contributed by atoms with Crippen LogP contribution in [0.4, 0.5) is 4.79 Å². The summed E-state index contributed by atoms with van der Waals surface area (Å²) in [5.41, 5.74) is 0. The van der Waals surface area contributed by atoms with Crippen LogP contribution in [0.25, 0.3) is 0 Å². The molecule has 0 saturated carbocycles. The topological polar surface area (TPSA) is 90.2 Å². The first-order valence-corrected chi connectivity index (χ1v) is 1.21. The van der Waals surface area contributed by atoms with E-state index in [1.54, 1.807) is 0 Å². The first-order valence-electron chi connectivity index (χ1n) is 1.21. The summed E-state index contributed by atoms with van der Waals surface area (Å²) in [6, 6.07) is 0. The van der Waals surface area contributed by atoms with E-state index in [4.69, 9.17) is 15.7 Å². The highest BCUT2D eigenvalue weighted by Gasteiger charge is 2.05. The van der Waals surface area contributed by atoms with Crippen molar-refractivity contribution in [1.29, 1.82) is 0 Å². The Morgan fingerprint density at radius 1 is 1.57 bits per heavy atom. The van der Waals surface area contributed by atoms with Crippen LogP contribution < -0.4 is 0 Å². The summed E-state index contributed by atoms with van der Waals surface area (Å²) in [5.74, 6) is 0. The molecule has 0 aliphatic heterocycles. The first-order chi connectivity index (χ1) is 3.18. The summed E-state index contributed by atoms with van der Waals surface area (Å²) in [6.45, 7) is 0. The molecule has 0 aromatic heterocycles. The number of hydrogen-bond donors (Lipinski definition) is 3. The van der Waals surface area contributed by atoms with Crippen LogP contribution in [-0.4, -0.2) is 27.0 Å². The lowest BCUT2D eigenvalue weighted by Crippen LogP contribution is -2.22. The molecule has 0 aromatic carbocycles. The second kappa shape index (κ2) is 2.35. The number of hydroxylamine groups is 2. The summed E-state index contributed by atoms with van der Waals surface area (Å²) >= 11 is 0. The minimum Gasteiger partial charge on any atom is -0.275 e. The smallest absolute Gasteiger partial charge is 0.275 e. The van der Waals surface area contributed by atoms with Crippen molar-refractivity contribution in [3.63, 3.8) is 0 Å². The molecule has 0 aromatic rings. The van der Waals surface area contributed by atoms with E-state index in [0.29, 0.717) is 0 Å². The minimum absolute atomic E-state index is 0.889. The van der Waals surface area contributed by atoms with Gasteiger partial charge in [0, 0.05) is 0 Å². The highest BCUT2D eigenvalue weighted by Crippen LogP contribution is 1.77. The van der Waals surface area contributed by atoms with Crippen LogP contribution in [0.2, 0.25) is 0 Å². The van der Waals surface area contributed by atoms with Crippen molar-refractivity contribution < 1.29 is 25.4 Å². The average Bonchev–Trinajstić information content (AvgIpc) is 1.65. The molecule has 3 N–H and O–H groups in total. The molecule has 0 fully saturated rings. The van der Waals surface area contributed by atoms with E-state index in [1.165, 1.54) is 0 Å². The molecule has 42 valence electrons. The zero-order valence-corrected chi connectivity index (χ0v) is 3.11. The van der Waals surface area contributed by atoms with E-state index >= 15 is 0 Å². The van der Waals surface area contributed by atoms with Gasteiger partial charge in [0.15, 0.2) is 0 Å². The highest BCUT2D eigenvalue weighted by atomic mass is 17.1. The fourth-order valence-corrected chi connectivity index (χ4v) is 0.0365. The molecule has 0 saturated heterocycles. The van der Waals surface area contributed by atoms with E-state index in [1.807, 2.05) is 0 Å². The number of rotatable bonds is 0. The number of nitrogens with zero attached hydrogens (tertiary/aromatic N) is 1. The molecule has 6 nitrogen and oxygen atoms in total. The van der Waals surface area contributed by atoms with Gasteiger partial charge in [-0.05, 0) is 0 Å². The minimum atomic E-state index is -1.65. The van der Waals surface area contributed by atoms with Crippen LogP contribution in [0.3, 0.4) is 0 Å². The Hall–Kier alpha value is -0.850. The van der Waals surface area contributed by atoms with Crippen molar-refractivity contribution in [2.24, 2.45) is 0 Å². The Labute approximate surface area is 38.0 Å². The third-order valence-electron chi connectivity index (χ3n) is 0.241. The van der Waals surface area contributed by atoms with Gasteiger partial charge in [-0.15, -0.1) is 0 Å². The van der Waals surface area contributed by atoms with E-state index < -0.39 is 11.3 Å². The number of carbonyl (C=O) groups excluding carboxylic acids is 1. The average molecular weight is 109 g/mol. The van der Waals surface area contributed by atoms with Crippen LogP contribution >= 0.6 is 0 Å².